The summed E-state index contributed by atoms with van der Waals surface area (Å²) in [6.45, 7) is 0. The zero-order valence-corrected chi connectivity index (χ0v) is 8.11. The van der Waals surface area contributed by atoms with E-state index in [1.54, 1.807) is 0 Å². The monoisotopic (exact) mass is 358 g/mol. The maximum absolute atomic E-state index is 3.21. The molecule has 0 rings (SSSR count). The molecule has 0 aliphatic rings. The minimum absolute atomic E-state index is 1.15. The van der Waals surface area contributed by atoms with Crippen molar-refractivity contribution in [3.05, 3.63) is 6.57 Å². The van der Waals surface area contributed by atoms with Gasteiger partial charge in [0.2, 0.25) is 0 Å². The molecule has 0 aromatic rings. The second-order valence-electron chi connectivity index (χ2n) is 0.399. The van der Waals surface area contributed by atoms with Crippen LogP contribution in [0.15, 0.2) is 6.57 Å². The van der Waals surface area contributed by atoms with Crippen molar-refractivity contribution in [2.45, 2.75) is 0 Å². The Bertz CT molecular complexity index is 45.6. The van der Waals surface area contributed by atoms with E-state index in [0.29, 0.717) is 0 Å². The Morgan fingerprint density at radius 2 is 2.00 bits per heavy atom. The number of hydrogen-bond donors (Lipinski definition) is 0. The van der Waals surface area contributed by atoms with Crippen LogP contribution in [0.25, 0.3) is 0 Å². The van der Waals surface area contributed by atoms with E-state index >= 15 is 0 Å². The van der Waals surface area contributed by atoms with Crippen LogP contribution in [0.2, 0.25) is 0 Å². The summed E-state index contributed by atoms with van der Waals surface area (Å²) in [4.78, 5) is 0. The Balaban J connectivity index is 3.14. The van der Waals surface area contributed by atoms with Crippen LogP contribution in [-0.4, -0.2) is 0 Å². The van der Waals surface area contributed by atoms with Gasteiger partial charge in [0.15, 0.2) is 0 Å². The Hall–Kier alpha value is 1.68. The molecule has 0 nitrogen and oxygen atoms in total. The van der Waals surface area contributed by atoms with Crippen LogP contribution in [0.4, 0.5) is 0 Å². The SMILES string of the molecule is Br/C(I)=C\I. The fraction of sp³-hybridized carbons (Fsp3) is 0. The van der Waals surface area contributed by atoms with Crippen molar-refractivity contribution in [1.82, 2.24) is 0 Å². The first-order chi connectivity index (χ1) is 2.27. The van der Waals surface area contributed by atoms with Crippen molar-refractivity contribution < 1.29 is 0 Å². The second-order valence-corrected chi connectivity index (χ2v) is 4.52. The highest BCUT2D eigenvalue weighted by Crippen LogP contribution is 2.14. The summed E-state index contributed by atoms with van der Waals surface area (Å²) >= 11 is 7.55. The average molecular weight is 359 g/mol. The summed E-state index contributed by atoms with van der Waals surface area (Å²) in [6, 6.07) is 0. The number of hydrogen-bond acceptors (Lipinski definition) is 0. The molecule has 0 unspecified atom stereocenters. The molecule has 5 heavy (non-hydrogen) atoms. The molecule has 30 valence electrons. The van der Waals surface area contributed by atoms with E-state index in [1.165, 1.54) is 0 Å². The largest absolute Gasteiger partial charge is 0.0619 e. The molecule has 0 amide bonds. The van der Waals surface area contributed by atoms with Gasteiger partial charge in [-0.25, -0.2) is 0 Å². The van der Waals surface area contributed by atoms with Gasteiger partial charge >= 0.3 is 0 Å². The van der Waals surface area contributed by atoms with Crippen LogP contribution >= 0.6 is 61.1 Å². The molecule has 0 aliphatic carbocycles. The van der Waals surface area contributed by atoms with Gasteiger partial charge in [-0.3, -0.25) is 0 Å². The van der Waals surface area contributed by atoms with E-state index in [4.69, 9.17) is 0 Å². The lowest BCUT2D eigenvalue weighted by Crippen LogP contribution is -1.28. The van der Waals surface area contributed by atoms with Gasteiger partial charge in [-0.15, -0.1) is 0 Å². The molecule has 0 N–H and O–H groups in total. The van der Waals surface area contributed by atoms with E-state index in [1.807, 2.05) is 4.08 Å². The van der Waals surface area contributed by atoms with Gasteiger partial charge in [0.05, 0.1) is 2.49 Å². The minimum atomic E-state index is 1.15. The van der Waals surface area contributed by atoms with E-state index in [2.05, 4.69) is 61.1 Å². The normalized spacial score (nSPS) is 12.2. The Kier molecular flexibility index (Phi) is 5.15. The fourth-order valence-electron chi connectivity index (χ4n) is 0. The van der Waals surface area contributed by atoms with Gasteiger partial charge in [0.1, 0.15) is 0 Å². The molecule has 0 bridgehead atoms. The summed E-state index contributed by atoms with van der Waals surface area (Å²) in [5.41, 5.74) is 0. The van der Waals surface area contributed by atoms with Crippen molar-refractivity contribution in [2.24, 2.45) is 0 Å². The first-order valence-electron chi connectivity index (χ1n) is 0.885. The third-order valence-electron chi connectivity index (χ3n) is 0.0825. The third-order valence-corrected chi connectivity index (χ3v) is 3.29. The quantitative estimate of drug-likeness (QED) is 0.584. The van der Waals surface area contributed by atoms with Crippen molar-refractivity contribution in [2.75, 3.05) is 0 Å². The zero-order valence-electron chi connectivity index (χ0n) is 2.21. The highest BCUT2D eigenvalue weighted by molar-refractivity contribution is 14.1. The first kappa shape index (κ1) is 6.68. The Labute approximate surface area is 66.8 Å². The van der Waals surface area contributed by atoms with E-state index in [9.17, 15) is 0 Å². The highest BCUT2D eigenvalue weighted by atomic mass is 127. The summed E-state index contributed by atoms with van der Waals surface area (Å²) in [6.07, 6.45) is 0. The Morgan fingerprint density at radius 1 is 1.80 bits per heavy atom. The van der Waals surface area contributed by atoms with Crippen molar-refractivity contribution in [3.8, 4) is 0 Å². The van der Waals surface area contributed by atoms with Gasteiger partial charge < -0.3 is 0 Å². The summed E-state index contributed by atoms with van der Waals surface area (Å²) in [7, 11) is 0. The maximum atomic E-state index is 3.21. The van der Waals surface area contributed by atoms with Gasteiger partial charge in [-0.1, -0.05) is 22.6 Å². The lowest BCUT2D eigenvalue weighted by atomic mass is 11.3. The fourth-order valence-corrected chi connectivity index (χ4v) is 0. The predicted molar refractivity (Wildman–Crippen MR) is 45.0 cm³/mol. The molecule has 0 heterocycles. The summed E-state index contributed by atoms with van der Waals surface area (Å²) < 4.78 is 3.11. The Morgan fingerprint density at radius 3 is 2.00 bits per heavy atom. The average Bonchev–Trinajstić information content (AvgIpc) is 1.38. The van der Waals surface area contributed by atoms with Gasteiger partial charge in [-0.05, 0) is 42.6 Å². The topological polar surface area (TPSA) is 0 Å². The molecule has 0 aliphatic heterocycles. The van der Waals surface area contributed by atoms with Crippen LogP contribution in [0.3, 0.4) is 0 Å². The molecular weight excluding hydrogens is 358 g/mol. The molecule has 0 aromatic carbocycles. The smallest absolute Gasteiger partial charge is 0.0513 e. The number of halogens is 3. The van der Waals surface area contributed by atoms with Crippen LogP contribution in [0.5, 0.6) is 0 Å². The lowest BCUT2D eigenvalue weighted by Gasteiger charge is -1.66. The van der Waals surface area contributed by atoms with Crippen LogP contribution in [0.1, 0.15) is 0 Å². The molecule has 0 aromatic heterocycles. The maximum Gasteiger partial charge on any atom is 0.0619 e. The van der Waals surface area contributed by atoms with Crippen molar-refractivity contribution >= 4 is 61.1 Å². The molecule has 0 saturated heterocycles. The van der Waals surface area contributed by atoms with Crippen LogP contribution < -0.4 is 0 Å². The summed E-state index contributed by atoms with van der Waals surface area (Å²) in [5, 5.41) is 0. The molecule has 0 fully saturated rings. The minimum Gasteiger partial charge on any atom is -0.0513 e. The standard InChI is InChI=1S/C2HBrI2/c3-2(5)1-4/h1H/b2-1+. The molecule has 0 spiro atoms. The summed E-state index contributed by atoms with van der Waals surface area (Å²) in [5.74, 6) is 0. The zero-order chi connectivity index (χ0) is 4.28. The van der Waals surface area contributed by atoms with E-state index < -0.39 is 0 Å². The van der Waals surface area contributed by atoms with Crippen LogP contribution in [-0.2, 0) is 0 Å². The van der Waals surface area contributed by atoms with Crippen molar-refractivity contribution in [1.29, 1.82) is 0 Å². The second kappa shape index (κ2) is 3.86. The predicted octanol–water partition coefficient (Wildman–Crippen LogP) is 3.05. The lowest BCUT2D eigenvalue weighted by molar-refractivity contribution is 2.63. The molecule has 0 radical (unpaired) electrons. The van der Waals surface area contributed by atoms with E-state index in [0.717, 1.165) is 2.49 Å². The third kappa shape index (κ3) is 5.68. The van der Waals surface area contributed by atoms with Crippen LogP contribution in [0, 0.1) is 0 Å². The van der Waals surface area contributed by atoms with Crippen molar-refractivity contribution in [3.63, 3.8) is 0 Å². The van der Waals surface area contributed by atoms with Gasteiger partial charge in [0.25, 0.3) is 0 Å². The molecule has 3 heteroatoms. The van der Waals surface area contributed by atoms with Gasteiger partial charge in [-0.2, -0.15) is 0 Å². The van der Waals surface area contributed by atoms with Gasteiger partial charge in [0, 0.05) is 0 Å². The molecular formula is C2HBrI2. The van der Waals surface area contributed by atoms with E-state index in [-0.39, 0.29) is 0 Å². The number of rotatable bonds is 0. The molecule has 0 saturated carbocycles. The highest BCUT2D eigenvalue weighted by Gasteiger charge is 1.68. The molecule has 0 atom stereocenters. The first-order valence-corrected chi connectivity index (χ1v) is 4.00.